The van der Waals surface area contributed by atoms with Crippen molar-refractivity contribution >= 4 is 23.8 Å². The molecular weight excluding hydrogens is 506 g/mol. The summed E-state index contributed by atoms with van der Waals surface area (Å²) in [5.41, 5.74) is 4.64. The third kappa shape index (κ3) is 6.19. The van der Waals surface area contributed by atoms with E-state index in [0.717, 1.165) is 27.8 Å². The van der Waals surface area contributed by atoms with Crippen LogP contribution >= 0.6 is 11.6 Å². The summed E-state index contributed by atoms with van der Waals surface area (Å²) in [7, 11) is 1.71. The molecule has 200 valence electrons. The number of carbonyl (C=O) groups is 2. The van der Waals surface area contributed by atoms with Gasteiger partial charge in [0.1, 0.15) is 0 Å². The van der Waals surface area contributed by atoms with E-state index in [9.17, 15) is 19.5 Å². The average Bonchev–Trinajstić information content (AvgIpc) is 2.90. The lowest BCUT2D eigenvalue weighted by Crippen LogP contribution is -2.41. The maximum absolute atomic E-state index is 12.3. The summed E-state index contributed by atoms with van der Waals surface area (Å²) >= 11 is 6.88. The van der Waals surface area contributed by atoms with E-state index in [-0.39, 0.29) is 17.4 Å². The molecule has 0 aliphatic carbocycles. The fraction of sp³-hybridized carbons (Fsp3) is 0.345. The lowest BCUT2D eigenvalue weighted by molar-refractivity contribution is 0.125. The fourth-order valence-corrected chi connectivity index (χ4v) is 5.45. The van der Waals surface area contributed by atoms with E-state index >= 15 is 0 Å². The van der Waals surface area contributed by atoms with Crippen molar-refractivity contribution in [1.29, 1.82) is 0 Å². The number of likely N-dealkylation sites (tertiary alicyclic amines) is 1. The summed E-state index contributed by atoms with van der Waals surface area (Å²) in [6.07, 6.45) is 1.56. The van der Waals surface area contributed by atoms with Crippen molar-refractivity contribution in [3.05, 3.63) is 92.9 Å². The molecule has 0 saturated carbocycles. The van der Waals surface area contributed by atoms with Gasteiger partial charge in [0.25, 0.3) is 5.56 Å². The van der Waals surface area contributed by atoms with E-state index in [4.69, 9.17) is 16.3 Å². The van der Waals surface area contributed by atoms with Crippen molar-refractivity contribution in [1.82, 2.24) is 14.8 Å². The van der Waals surface area contributed by atoms with Gasteiger partial charge in [0.15, 0.2) is 0 Å². The molecule has 9 heteroatoms. The minimum absolute atomic E-state index is 0.0379. The molecule has 3 aromatic rings. The Morgan fingerprint density at radius 2 is 1.92 bits per heavy atom. The third-order valence-corrected chi connectivity index (χ3v) is 7.43. The molecule has 4 rings (SSSR count). The number of amides is 2. The number of benzene rings is 2. The molecule has 0 radical (unpaired) electrons. The van der Waals surface area contributed by atoms with E-state index in [0.29, 0.717) is 44.1 Å². The van der Waals surface area contributed by atoms with E-state index < -0.39 is 12.2 Å². The van der Waals surface area contributed by atoms with Crippen LogP contribution in [0.25, 0.3) is 11.1 Å². The van der Waals surface area contributed by atoms with Crippen LogP contribution in [0.4, 0.5) is 9.59 Å². The fourth-order valence-electron chi connectivity index (χ4n) is 5.13. The van der Waals surface area contributed by atoms with Gasteiger partial charge in [-0.05, 0) is 65.6 Å². The molecule has 0 bridgehead atoms. The summed E-state index contributed by atoms with van der Waals surface area (Å²) in [5.74, 6) is -0.235. The van der Waals surface area contributed by atoms with Crippen LogP contribution < -0.4 is 10.9 Å². The predicted octanol–water partition coefficient (Wildman–Crippen LogP) is 5.25. The second-order valence-corrected chi connectivity index (χ2v) is 9.84. The smallest absolute Gasteiger partial charge is 0.407 e. The third-order valence-electron chi connectivity index (χ3n) is 7.11. The number of ether oxygens (including phenoxy) is 1. The zero-order valence-corrected chi connectivity index (χ0v) is 22.3. The molecule has 0 spiro atoms. The number of aromatic nitrogens is 1. The van der Waals surface area contributed by atoms with Crippen LogP contribution in [0.15, 0.2) is 65.6 Å². The van der Waals surface area contributed by atoms with Crippen LogP contribution in [-0.4, -0.2) is 53.0 Å². The van der Waals surface area contributed by atoms with Gasteiger partial charge in [-0.2, -0.15) is 0 Å². The molecule has 2 heterocycles. The molecule has 2 unspecified atom stereocenters. The maximum atomic E-state index is 12.3. The number of piperidine rings is 1. The van der Waals surface area contributed by atoms with Gasteiger partial charge in [0.05, 0.1) is 6.61 Å². The molecule has 2 N–H and O–H groups in total. The number of rotatable bonds is 7. The van der Waals surface area contributed by atoms with Crippen LogP contribution in [-0.2, 0) is 18.2 Å². The van der Waals surface area contributed by atoms with Crippen molar-refractivity contribution in [2.75, 3.05) is 26.2 Å². The Kier molecular flexibility index (Phi) is 8.73. The number of nitrogens with zero attached hydrogens (tertiary/aromatic N) is 2. The Balaban J connectivity index is 1.63. The lowest BCUT2D eigenvalue weighted by Gasteiger charge is -2.38. The molecule has 2 atom stereocenters. The largest absolute Gasteiger partial charge is 0.465 e. The Morgan fingerprint density at radius 1 is 1.13 bits per heavy atom. The first-order valence-corrected chi connectivity index (χ1v) is 13.1. The quantitative estimate of drug-likeness (QED) is 0.429. The van der Waals surface area contributed by atoms with Crippen LogP contribution in [0.1, 0.15) is 41.9 Å². The number of alkyl carbamates (subject to hydrolysis) is 1. The SMILES string of the molecule is CCOC(=O)NCCc1ccccc1-c1ccc(C2CN(C(=O)O)CCC2c2ccn(C)c(=O)c2)c(Cl)c1. The highest BCUT2D eigenvalue weighted by Gasteiger charge is 2.35. The molecule has 1 fully saturated rings. The number of carboxylic acid groups (broad SMARTS) is 1. The number of aryl methyl sites for hydroxylation is 1. The average molecular weight is 538 g/mol. The first-order chi connectivity index (χ1) is 18.3. The van der Waals surface area contributed by atoms with Gasteiger partial charge in [-0.3, -0.25) is 4.79 Å². The molecule has 1 aromatic heterocycles. The molecule has 1 aliphatic rings. The zero-order chi connectivity index (χ0) is 27.2. The van der Waals surface area contributed by atoms with Crippen molar-refractivity contribution in [2.24, 2.45) is 7.05 Å². The minimum atomic E-state index is -0.962. The summed E-state index contributed by atoms with van der Waals surface area (Å²) < 4.78 is 6.45. The summed E-state index contributed by atoms with van der Waals surface area (Å²) in [6.45, 7) is 3.21. The highest BCUT2D eigenvalue weighted by Crippen LogP contribution is 2.43. The Bertz CT molecular complexity index is 1370. The van der Waals surface area contributed by atoms with Crippen LogP contribution in [0.2, 0.25) is 5.02 Å². The summed E-state index contributed by atoms with van der Waals surface area (Å²) in [4.78, 5) is 37.2. The second-order valence-electron chi connectivity index (χ2n) is 9.43. The van der Waals surface area contributed by atoms with Crippen molar-refractivity contribution < 1.29 is 19.4 Å². The second kappa shape index (κ2) is 12.2. The van der Waals surface area contributed by atoms with Crippen molar-refractivity contribution in [3.63, 3.8) is 0 Å². The van der Waals surface area contributed by atoms with Gasteiger partial charge in [-0.1, -0.05) is 48.0 Å². The molecule has 2 aromatic carbocycles. The number of pyridine rings is 1. The van der Waals surface area contributed by atoms with E-state index in [2.05, 4.69) is 5.32 Å². The lowest BCUT2D eigenvalue weighted by atomic mass is 9.76. The summed E-state index contributed by atoms with van der Waals surface area (Å²) in [6, 6.07) is 17.4. The molecule has 8 nitrogen and oxygen atoms in total. The standard InChI is InChI=1S/C29H32ClN3O5/c1-3-38-28(35)31-13-10-19-6-4-5-7-22(19)20-8-9-24(26(30)16-20)25-18-33(29(36)37)15-12-23(25)21-11-14-32(2)27(34)17-21/h4-9,11,14,16-17,23,25H,3,10,12-13,15,18H2,1-2H3,(H,31,35)(H,36,37). The molecule has 2 amide bonds. The van der Waals surface area contributed by atoms with Gasteiger partial charge in [-0.15, -0.1) is 0 Å². The molecule has 1 aliphatic heterocycles. The highest BCUT2D eigenvalue weighted by atomic mass is 35.5. The Hall–Kier alpha value is -3.78. The first-order valence-electron chi connectivity index (χ1n) is 12.7. The first kappa shape index (κ1) is 27.3. The van der Waals surface area contributed by atoms with E-state index in [1.165, 1.54) is 9.47 Å². The van der Waals surface area contributed by atoms with Crippen LogP contribution in [0.3, 0.4) is 0 Å². The maximum Gasteiger partial charge on any atom is 0.407 e. The van der Waals surface area contributed by atoms with Crippen LogP contribution in [0, 0.1) is 0 Å². The summed E-state index contributed by atoms with van der Waals surface area (Å²) in [5, 5.41) is 13.0. The van der Waals surface area contributed by atoms with Gasteiger partial charge in [-0.25, -0.2) is 9.59 Å². The van der Waals surface area contributed by atoms with Gasteiger partial charge >= 0.3 is 12.2 Å². The van der Waals surface area contributed by atoms with Gasteiger partial charge in [0, 0.05) is 49.9 Å². The van der Waals surface area contributed by atoms with Crippen LogP contribution in [0.5, 0.6) is 0 Å². The van der Waals surface area contributed by atoms with Crippen molar-refractivity contribution in [2.45, 2.75) is 31.6 Å². The van der Waals surface area contributed by atoms with E-state index in [1.807, 2.05) is 48.5 Å². The molecule has 1 saturated heterocycles. The number of nitrogens with one attached hydrogen (secondary N) is 1. The minimum Gasteiger partial charge on any atom is -0.465 e. The normalized spacial score (nSPS) is 17.2. The van der Waals surface area contributed by atoms with Gasteiger partial charge in [0.2, 0.25) is 0 Å². The molecule has 38 heavy (non-hydrogen) atoms. The Labute approximate surface area is 226 Å². The van der Waals surface area contributed by atoms with Gasteiger partial charge < -0.3 is 24.6 Å². The number of hydrogen-bond acceptors (Lipinski definition) is 4. The number of carbonyl (C=O) groups excluding carboxylic acids is 1. The highest BCUT2D eigenvalue weighted by molar-refractivity contribution is 6.31. The van der Waals surface area contributed by atoms with E-state index in [1.54, 1.807) is 26.2 Å². The zero-order valence-electron chi connectivity index (χ0n) is 21.5. The number of halogens is 1. The monoisotopic (exact) mass is 537 g/mol. The Morgan fingerprint density at radius 3 is 2.63 bits per heavy atom. The topological polar surface area (TPSA) is 101 Å². The predicted molar refractivity (Wildman–Crippen MR) is 147 cm³/mol. The molecular formula is C29H32ClN3O5. The van der Waals surface area contributed by atoms with Crippen molar-refractivity contribution in [3.8, 4) is 11.1 Å². The number of hydrogen-bond donors (Lipinski definition) is 2.